The van der Waals surface area contributed by atoms with Crippen LogP contribution in [-0.4, -0.2) is 10.1 Å². The molecule has 0 aliphatic carbocycles. The second kappa shape index (κ2) is 5.85. The molecular formula is C14H12BrF2NO2. The number of aryl methyl sites for hydroxylation is 2. The average Bonchev–Trinajstić information content (AvgIpc) is 2.35. The summed E-state index contributed by atoms with van der Waals surface area (Å²) in [4.78, 5) is 4.11. The first-order chi connectivity index (χ1) is 9.42. The van der Waals surface area contributed by atoms with E-state index in [2.05, 4.69) is 20.9 Å². The van der Waals surface area contributed by atoms with Crippen LogP contribution in [0.1, 0.15) is 16.8 Å². The standard InChI is InChI=1S/C14H12BrF2NO2/c1-7-3-8(2)18-14(10(7)6-19)20-12-5-9(15)4-11(16)13(12)17/h3-5,19H,6H2,1-2H3. The summed E-state index contributed by atoms with van der Waals surface area (Å²) in [6.45, 7) is 3.23. The molecule has 0 aliphatic rings. The molecule has 0 fully saturated rings. The highest BCUT2D eigenvalue weighted by Gasteiger charge is 2.16. The third-order valence-corrected chi connectivity index (χ3v) is 3.22. The fourth-order valence-corrected chi connectivity index (χ4v) is 2.23. The molecule has 0 unspecified atom stereocenters. The van der Waals surface area contributed by atoms with Crippen molar-refractivity contribution in [2.45, 2.75) is 20.5 Å². The number of nitrogens with zero attached hydrogens (tertiary/aromatic N) is 1. The summed E-state index contributed by atoms with van der Waals surface area (Å²) >= 11 is 3.07. The number of pyridine rings is 1. The van der Waals surface area contributed by atoms with Gasteiger partial charge in [-0.3, -0.25) is 0 Å². The van der Waals surface area contributed by atoms with E-state index in [-0.39, 0.29) is 18.2 Å². The number of halogens is 3. The molecule has 2 rings (SSSR count). The Morgan fingerprint density at radius 2 is 1.95 bits per heavy atom. The van der Waals surface area contributed by atoms with Gasteiger partial charge in [-0.05, 0) is 37.6 Å². The third-order valence-electron chi connectivity index (χ3n) is 2.76. The van der Waals surface area contributed by atoms with Crippen LogP contribution < -0.4 is 4.74 Å². The topological polar surface area (TPSA) is 42.4 Å². The van der Waals surface area contributed by atoms with E-state index in [9.17, 15) is 13.9 Å². The van der Waals surface area contributed by atoms with Crippen molar-refractivity contribution in [3.8, 4) is 11.6 Å². The van der Waals surface area contributed by atoms with E-state index in [1.807, 2.05) is 0 Å². The van der Waals surface area contributed by atoms with Crippen molar-refractivity contribution >= 4 is 15.9 Å². The van der Waals surface area contributed by atoms with Crippen molar-refractivity contribution in [2.75, 3.05) is 0 Å². The Kier molecular flexibility index (Phi) is 4.35. The summed E-state index contributed by atoms with van der Waals surface area (Å²) in [5.74, 6) is -2.34. The zero-order valence-electron chi connectivity index (χ0n) is 10.9. The molecule has 1 aromatic carbocycles. The van der Waals surface area contributed by atoms with E-state index < -0.39 is 11.6 Å². The fourth-order valence-electron chi connectivity index (χ4n) is 1.82. The zero-order valence-corrected chi connectivity index (χ0v) is 12.5. The summed E-state index contributed by atoms with van der Waals surface area (Å²) in [5, 5.41) is 9.35. The van der Waals surface area contributed by atoms with Crippen molar-refractivity contribution in [3.63, 3.8) is 0 Å². The van der Waals surface area contributed by atoms with Crippen molar-refractivity contribution in [1.82, 2.24) is 4.98 Å². The second-order valence-corrected chi connectivity index (χ2v) is 5.24. The van der Waals surface area contributed by atoms with E-state index >= 15 is 0 Å². The molecule has 0 radical (unpaired) electrons. The van der Waals surface area contributed by atoms with Gasteiger partial charge in [0.25, 0.3) is 0 Å². The lowest BCUT2D eigenvalue weighted by Crippen LogP contribution is -2.01. The predicted octanol–water partition coefficient (Wildman–Crippen LogP) is 4.02. The Morgan fingerprint density at radius 1 is 1.25 bits per heavy atom. The molecule has 2 aromatic rings. The fraction of sp³-hybridized carbons (Fsp3) is 0.214. The monoisotopic (exact) mass is 343 g/mol. The van der Waals surface area contributed by atoms with Crippen LogP contribution in [0, 0.1) is 25.5 Å². The Morgan fingerprint density at radius 3 is 2.60 bits per heavy atom. The quantitative estimate of drug-likeness (QED) is 0.855. The van der Waals surface area contributed by atoms with E-state index in [4.69, 9.17) is 4.74 Å². The van der Waals surface area contributed by atoms with Gasteiger partial charge in [0.15, 0.2) is 11.6 Å². The summed E-state index contributed by atoms with van der Waals surface area (Å²) in [7, 11) is 0. The first-order valence-electron chi connectivity index (χ1n) is 5.82. The van der Waals surface area contributed by atoms with Gasteiger partial charge in [-0.2, -0.15) is 4.39 Å². The lowest BCUT2D eigenvalue weighted by Gasteiger charge is -2.13. The number of hydrogen-bond acceptors (Lipinski definition) is 3. The number of ether oxygens (including phenoxy) is 1. The molecule has 20 heavy (non-hydrogen) atoms. The normalized spacial score (nSPS) is 10.7. The van der Waals surface area contributed by atoms with Gasteiger partial charge in [-0.25, -0.2) is 9.37 Å². The number of hydrogen-bond donors (Lipinski definition) is 1. The molecule has 0 spiro atoms. The minimum Gasteiger partial charge on any atom is -0.435 e. The van der Waals surface area contributed by atoms with Crippen molar-refractivity contribution < 1.29 is 18.6 Å². The second-order valence-electron chi connectivity index (χ2n) is 4.32. The van der Waals surface area contributed by atoms with Gasteiger partial charge in [0, 0.05) is 15.7 Å². The minimum absolute atomic E-state index is 0.0707. The number of aliphatic hydroxyl groups is 1. The third kappa shape index (κ3) is 2.96. The smallest absolute Gasteiger partial charge is 0.225 e. The van der Waals surface area contributed by atoms with Gasteiger partial charge in [-0.15, -0.1) is 0 Å². The van der Waals surface area contributed by atoms with Crippen molar-refractivity contribution in [2.24, 2.45) is 0 Å². The predicted molar refractivity (Wildman–Crippen MR) is 73.8 cm³/mol. The molecule has 0 atom stereocenters. The average molecular weight is 344 g/mol. The molecule has 106 valence electrons. The van der Waals surface area contributed by atoms with Gasteiger partial charge < -0.3 is 9.84 Å². The summed E-state index contributed by atoms with van der Waals surface area (Å²) in [5.41, 5.74) is 1.87. The molecule has 3 nitrogen and oxygen atoms in total. The summed E-state index contributed by atoms with van der Waals surface area (Å²) in [6, 6.07) is 4.08. The molecule has 1 heterocycles. The number of rotatable bonds is 3. The highest BCUT2D eigenvalue weighted by atomic mass is 79.9. The van der Waals surface area contributed by atoms with Gasteiger partial charge >= 0.3 is 0 Å². The molecule has 1 N–H and O–H groups in total. The molecule has 0 saturated heterocycles. The molecule has 0 aliphatic heterocycles. The highest BCUT2D eigenvalue weighted by molar-refractivity contribution is 9.10. The molecular weight excluding hydrogens is 332 g/mol. The van der Waals surface area contributed by atoms with E-state index in [1.165, 1.54) is 6.07 Å². The number of aliphatic hydroxyl groups excluding tert-OH is 1. The van der Waals surface area contributed by atoms with E-state index in [0.717, 1.165) is 11.6 Å². The van der Waals surface area contributed by atoms with Crippen LogP contribution in [-0.2, 0) is 6.61 Å². The van der Waals surface area contributed by atoms with E-state index in [0.29, 0.717) is 15.7 Å². The number of aromatic nitrogens is 1. The van der Waals surface area contributed by atoms with Crippen LogP contribution in [0.4, 0.5) is 8.78 Å². The molecule has 1 aromatic heterocycles. The summed E-state index contributed by atoms with van der Waals surface area (Å²) in [6.07, 6.45) is 0. The molecule has 0 bridgehead atoms. The Bertz CT molecular complexity index is 662. The van der Waals surface area contributed by atoms with Crippen molar-refractivity contribution in [3.05, 3.63) is 51.1 Å². The van der Waals surface area contributed by atoms with Crippen LogP contribution in [0.2, 0.25) is 0 Å². The van der Waals surface area contributed by atoms with Crippen LogP contribution in [0.25, 0.3) is 0 Å². The minimum atomic E-state index is -1.10. The van der Waals surface area contributed by atoms with Crippen LogP contribution >= 0.6 is 15.9 Å². The van der Waals surface area contributed by atoms with Crippen LogP contribution in [0.5, 0.6) is 11.6 Å². The van der Waals surface area contributed by atoms with Gasteiger partial charge in [0.2, 0.25) is 11.7 Å². The lowest BCUT2D eigenvalue weighted by molar-refractivity contribution is 0.273. The maximum absolute atomic E-state index is 13.7. The van der Waals surface area contributed by atoms with E-state index in [1.54, 1.807) is 19.9 Å². The Labute approximate surface area is 123 Å². The maximum atomic E-state index is 13.7. The van der Waals surface area contributed by atoms with Gasteiger partial charge in [0.1, 0.15) is 0 Å². The Balaban J connectivity index is 2.50. The first-order valence-corrected chi connectivity index (χ1v) is 6.62. The number of benzene rings is 1. The molecule has 0 saturated carbocycles. The van der Waals surface area contributed by atoms with Gasteiger partial charge in [0.05, 0.1) is 6.61 Å². The van der Waals surface area contributed by atoms with Crippen LogP contribution in [0.15, 0.2) is 22.7 Å². The highest BCUT2D eigenvalue weighted by Crippen LogP contribution is 2.31. The SMILES string of the molecule is Cc1cc(C)c(CO)c(Oc2cc(Br)cc(F)c2F)n1. The Hall–Kier alpha value is -1.53. The molecule has 0 amide bonds. The maximum Gasteiger partial charge on any atom is 0.225 e. The zero-order chi connectivity index (χ0) is 14.9. The van der Waals surface area contributed by atoms with Crippen molar-refractivity contribution in [1.29, 1.82) is 0 Å². The largest absolute Gasteiger partial charge is 0.435 e. The summed E-state index contributed by atoms with van der Waals surface area (Å²) < 4.78 is 32.7. The van der Waals surface area contributed by atoms with Crippen LogP contribution in [0.3, 0.4) is 0 Å². The lowest BCUT2D eigenvalue weighted by atomic mass is 10.1. The molecule has 6 heteroatoms. The van der Waals surface area contributed by atoms with Gasteiger partial charge in [-0.1, -0.05) is 15.9 Å². The first kappa shape index (κ1) is 14.9.